The van der Waals surface area contributed by atoms with Crippen LogP contribution in [0.15, 0.2) is 29.3 Å². The highest BCUT2D eigenvalue weighted by Crippen LogP contribution is 2.25. The highest BCUT2D eigenvalue weighted by atomic mass is 16.4. The maximum absolute atomic E-state index is 11.1. The molecule has 1 N–H and O–H groups in total. The van der Waals surface area contributed by atoms with Gasteiger partial charge in [0.2, 0.25) is 0 Å². The second-order valence-corrected chi connectivity index (χ2v) is 4.00. The van der Waals surface area contributed by atoms with Crippen LogP contribution in [0.2, 0.25) is 0 Å². The van der Waals surface area contributed by atoms with Gasteiger partial charge in [0.25, 0.3) is 0 Å². The molecule has 2 rings (SSSR count). The Hall–Kier alpha value is -1.97. The number of carboxylic acid groups (broad SMARTS) is 1. The van der Waals surface area contributed by atoms with Crippen LogP contribution in [0.25, 0.3) is 5.57 Å². The smallest absolute Gasteiger partial charge is 0.306 e. The monoisotopic (exact) mass is 217 g/mol. The second kappa shape index (κ2) is 3.56. The van der Waals surface area contributed by atoms with Crippen LogP contribution in [-0.2, 0) is 9.59 Å². The molecular formula is C12H11NO3. The van der Waals surface area contributed by atoms with Gasteiger partial charge in [0, 0.05) is 10.8 Å². The Morgan fingerprint density at radius 3 is 2.81 bits per heavy atom. The molecule has 0 saturated carbocycles. The van der Waals surface area contributed by atoms with Crippen molar-refractivity contribution in [2.45, 2.75) is 18.9 Å². The van der Waals surface area contributed by atoms with Gasteiger partial charge in [0.1, 0.15) is 6.29 Å². The van der Waals surface area contributed by atoms with Gasteiger partial charge in [0.05, 0.1) is 17.3 Å². The van der Waals surface area contributed by atoms with Gasteiger partial charge in [-0.3, -0.25) is 14.6 Å². The molecule has 0 spiro atoms. The Morgan fingerprint density at radius 1 is 1.50 bits per heavy atom. The fourth-order valence-electron chi connectivity index (χ4n) is 2.03. The third kappa shape index (κ3) is 1.52. The quantitative estimate of drug-likeness (QED) is 0.719. The lowest BCUT2D eigenvalue weighted by molar-refractivity contribution is -0.137. The van der Waals surface area contributed by atoms with Crippen LogP contribution >= 0.6 is 0 Å². The molecule has 82 valence electrons. The Morgan fingerprint density at radius 2 is 2.19 bits per heavy atom. The topological polar surface area (TPSA) is 66.7 Å². The molecule has 1 aliphatic rings. The van der Waals surface area contributed by atoms with E-state index in [-0.39, 0.29) is 6.42 Å². The molecule has 4 heteroatoms. The van der Waals surface area contributed by atoms with Crippen molar-refractivity contribution in [3.63, 3.8) is 0 Å². The van der Waals surface area contributed by atoms with Gasteiger partial charge in [-0.2, -0.15) is 0 Å². The number of carbonyl (C=O) groups is 2. The number of nitrogens with zero attached hydrogens (tertiary/aromatic N) is 1. The number of para-hydroxylation sites is 1. The molecule has 1 heterocycles. The first-order chi connectivity index (χ1) is 7.57. The van der Waals surface area contributed by atoms with Gasteiger partial charge in [-0.15, -0.1) is 0 Å². The molecular weight excluding hydrogens is 206 g/mol. The van der Waals surface area contributed by atoms with Crippen LogP contribution < -0.4 is 10.6 Å². The Labute approximate surface area is 91.9 Å². The molecule has 4 nitrogen and oxygen atoms in total. The van der Waals surface area contributed by atoms with Crippen molar-refractivity contribution in [3.05, 3.63) is 34.8 Å². The number of aldehydes is 1. The van der Waals surface area contributed by atoms with Crippen LogP contribution in [0.3, 0.4) is 0 Å². The van der Waals surface area contributed by atoms with E-state index < -0.39 is 11.5 Å². The first kappa shape index (κ1) is 10.5. The number of hydrogen-bond acceptors (Lipinski definition) is 3. The van der Waals surface area contributed by atoms with Crippen molar-refractivity contribution >= 4 is 17.8 Å². The summed E-state index contributed by atoms with van der Waals surface area (Å²) in [7, 11) is 0. The molecule has 0 saturated heterocycles. The molecule has 0 fully saturated rings. The summed E-state index contributed by atoms with van der Waals surface area (Å²) in [6.07, 6.45) is 0.536. The minimum Gasteiger partial charge on any atom is -0.481 e. The van der Waals surface area contributed by atoms with Crippen LogP contribution in [-0.4, -0.2) is 22.9 Å². The zero-order chi connectivity index (χ0) is 11.8. The molecule has 1 unspecified atom stereocenters. The third-order valence-electron chi connectivity index (χ3n) is 2.75. The summed E-state index contributed by atoms with van der Waals surface area (Å²) in [5.74, 6) is -0.960. The zero-order valence-corrected chi connectivity index (χ0v) is 8.80. The lowest BCUT2D eigenvalue weighted by atomic mass is 9.90. The predicted octanol–water partition coefficient (Wildman–Crippen LogP) is -0.0972. The maximum Gasteiger partial charge on any atom is 0.306 e. The minimum absolute atomic E-state index is 0.171. The predicted molar refractivity (Wildman–Crippen MR) is 57.4 cm³/mol. The molecule has 16 heavy (non-hydrogen) atoms. The van der Waals surface area contributed by atoms with Crippen molar-refractivity contribution < 1.29 is 14.7 Å². The van der Waals surface area contributed by atoms with Crippen molar-refractivity contribution in [2.24, 2.45) is 4.99 Å². The summed E-state index contributed by atoms with van der Waals surface area (Å²) < 4.78 is 0. The van der Waals surface area contributed by atoms with Crippen molar-refractivity contribution in [2.75, 3.05) is 0 Å². The Balaban J connectivity index is 2.68. The van der Waals surface area contributed by atoms with Crippen LogP contribution in [0.1, 0.15) is 13.3 Å². The summed E-state index contributed by atoms with van der Waals surface area (Å²) in [6, 6.07) is 7.20. The van der Waals surface area contributed by atoms with Crippen LogP contribution in [0.4, 0.5) is 0 Å². The van der Waals surface area contributed by atoms with Crippen LogP contribution in [0, 0.1) is 0 Å². The normalized spacial score (nSPS) is 22.4. The lowest BCUT2D eigenvalue weighted by Crippen LogP contribution is -2.28. The Bertz CT molecular complexity index is 576. The van der Waals surface area contributed by atoms with Gasteiger partial charge in [-0.25, -0.2) is 0 Å². The van der Waals surface area contributed by atoms with Crippen molar-refractivity contribution in [3.8, 4) is 0 Å². The third-order valence-corrected chi connectivity index (χ3v) is 2.75. The molecule has 0 bridgehead atoms. The fourth-order valence-corrected chi connectivity index (χ4v) is 2.03. The average Bonchev–Trinajstić information content (AvgIpc) is 2.47. The maximum atomic E-state index is 11.1. The summed E-state index contributed by atoms with van der Waals surface area (Å²) in [4.78, 5) is 26.2. The standard InChI is InChI=1S/C12H11NO3/c1-12(6-11(15)16)9(7-14)8-4-2-3-5-10(8)13-12/h2-5,7H,6H2,1H3,(H,15,16). The van der Waals surface area contributed by atoms with Gasteiger partial charge in [0.15, 0.2) is 0 Å². The molecule has 1 aliphatic heterocycles. The van der Waals surface area contributed by atoms with Crippen LogP contribution in [0.5, 0.6) is 0 Å². The number of benzene rings is 1. The van der Waals surface area contributed by atoms with E-state index in [1.165, 1.54) is 0 Å². The van der Waals surface area contributed by atoms with E-state index >= 15 is 0 Å². The molecule has 0 radical (unpaired) electrons. The van der Waals surface area contributed by atoms with Gasteiger partial charge < -0.3 is 5.11 Å². The summed E-state index contributed by atoms with van der Waals surface area (Å²) in [5.41, 5.74) is -0.484. The van der Waals surface area contributed by atoms with Gasteiger partial charge in [-0.1, -0.05) is 18.2 Å². The largest absolute Gasteiger partial charge is 0.481 e. The molecule has 0 amide bonds. The molecule has 1 aromatic carbocycles. The van der Waals surface area contributed by atoms with Gasteiger partial charge in [-0.05, 0) is 13.0 Å². The van der Waals surface area contributed by atoms with Gasteiger partial charge >= 0.3 is 5.97 Å². The average molecular weight is 217 g/mol. The first-order valence-corrected chi connectivity index (χ1v) is 4.93. The van der Waals surface area contributed by atoms with E-state index in [4.69, 9.17) is 5.11 Å². The minimum atomic E-state index is -0.960. The van der Waals surface area contributed by atoms with E-state index in [0.717, 1.165) is 5.22 Å². The number of carbonyl (C=O) groups excluding carboxylic acids is 1. The number of carboxylic acids is 1. The fraction of sp³-hybridized carbons (Fsp3) is 0.250. The van der Waals surface area contributed by atoms with E-state index in [1.807, 2.05) is 12.1 Å². The SMILES string of the molecule is CC1(CC(=O)O)N=c2ccccc2=C1C=O. The molecule has 0 aliphatic carbocycles. The van der Waals surface area contributed by atoms with Crippen molar-refractivity contribution in [1.82, 2.24) is 0 Å². The summed E-state index contributed by atoms with van der Waals surface area (Å²) in [5, 5.41) is 10.3. The second-order valence-electron chi connectivity index (χ2n) is 4.00. The molecule has 1 atom stereocenters. The van der Waals surface area contributed by atoms with E-state index in [2.05, 4.69) is 4.99 Å². The molecule has 1 aromatic rings. The van der Waals surface area contributed by atoms with Crippen molar-refractivity contribution in [1.29, 1.82) is 0 Å². The summed E-state index contributed by atoms with van der Waals surface area (Å²) >= 11 is 0. The molecule has 0 aromatic heterocycles. The number of hydrogen-bond donors (Lipinski definition) is 1. The highest BCUT2D eigenvalue weighted by molar-refractivity contribution is 6.04. The van der Waals surface area contributed by atoms with E-state index in [1.54, 1.807) is 19.1 Å². The van der Waals surface area contributed by atoms with E-state index in [9.17, 15) is 9.59 Å². The summed E-state index contributed by atoms with van der Waals surface area (Å²) in [6.45, 7) is 1.67. The first-order valence-electron chi connectivity index (χ1n) is 4.93. The Kier molecular flexibility index (Phi) is 2.34. The zero-order valence-electron chi connectivity index (χ0n) is 8.80. The highest BCUT2D eigenvalue weighted by Gasteiger charge is 2.34. The number of rotatable bonds is 3. The number of aliphatic carboxylic acids is 1. The number of fused-ring (bicyclic) bond motifs is 1. The van der Waals surface area contributed by atoms with E-state index in [0.29, 0.717) is 17.2 Å². The lowest BCUT2D eigenvalue weighted by Gasteiger charge is -2.19.